The molecule has 0 radical (unpaired) electrons. The van der Waals surface area contributed by atoms with E-state index in [0.29, 0.717) is 0 Å². The third-order valence-corrected chi connectivity index (χ3v) is 4.99. The third kappa shape index (κ3) is 3.92. The summed E-state index contributed by atoms with van der Waals surface area (Å²) in [7, 11) is 0. The number of allylic oxidation sites excluding steroid dienone is 2. The van der Waals surface area contributed by atoms with Crippen LogP contribution in [0.25, 0.3) is 5.57 Å². The van der Waals surface area contributed by atoms with Crippen LogP contribution >= 0.6 is 0 Å². The van der Waals surface area contributed by atoms with E-state index in [9.17, 15) is 0 Å². The van der Waals surface area contributed by atoms with E-state index in [1.54, 1.807) is 0 Å². The highest BCUT2D eigenvalue weighted by Gasteiger charge is 2.26. The van der Waals surface area contributed by atoms with Crippen LogP contribution < -0.4 is 0 Å². The molecule has 0 unspecified atom stereocenters. The van der Waals surface area contributed by atoms with Crippen LogP contribution in [0.1, 0.15) is 69.1 Å². The van der Waals surface area contributed by atoms with Crippen LogP contribution in [0.3, 0.4) is 0 Å². The maximum atomic E-state index is 5.09. The van der Waals surface area contributed by atoms with Crippen molar-refractivity contribution in [3.05, 3.63) is 70.8 Å². The van der Waals surface area contributed by atoms with Crippen LogP contribution in [0.15, 0.2) is 59.1 Å². The Kier molecular flexibility index (Phi) is 5.86. The van der Waals surface area contributed by atoms with Gasteiger partial charge in [0.05, 0.1) is 11.4 Å². The molecule has 0 amide bonds. The summed E-state index contributed by atoms with van der Waals surface area (Å²) in [5.74, 6) is 0. The molecule has 0 N–H and O–H groups in total. The molecule has 0 spiro atoms. The Balaban J connectivity index is 2.09. The lowest BCUT2D eigenvalue weighted by Gasteiger charge is -2.09. The molecule has 130 valence electrons. The molecular weight excluding hydrogens is 302 g/mol. The summed E-state index contributed by atoms with van der Waals surface area (Å²) in [5.41, 5.74) is 9.29. The molecule has 0 fully saturated rings. The Morgan fingerprint density at radius 2 is 1.32 bits per heavy atom. The lowest BCUT2D eigenvalue weighted by atomic mass is 9.97. The van der Waals surface area contributed by atoms with E-state index in [-0.39, 0.29) is 0 Å². The van der Waals surface area contributed by atoms with Gasteiger partial charge >= 0.3 is 0 Å². The molecule has 1 nitrogen and oxygen atoms in total. The van der Waals surface area contributed by atoms with Crippen molar-refractivity contribution in [2.24, 2.45) is 4.99 Å². The molecule has 0 bridgehead atoms. The summed E-state index contributed by atoms with van der Waals surface area (Å²) in [4.78, 5) is 5.09. The van der Waals surface area contributed by atoms with E-state index in [1.165, 1.54) is 65.7 Å². The number of aryl methyl sites for hydroxylation is 1. The lowest BCUT2D eigenvalue weighted by Crippen LogP contribution is -2.01. The smallest absolute Gasteiger partial charge is 0.0750 e. The highest BCUT2D eigenvalue weighted by molar-refractivity contribution is 6.24. The fourth-order valence-electron chi connectivity index (χ4n) is 3.56. The van der Waals surface area contributed by atoms with E-state index in [4.69, 9.17) is 4.99 Å². The van der Waals surface area contributed by atoms with Crippen molar-refractivity contribution < 1.29 is 0 Å². The highest BCUT2D eigenvalue weighted by Crippen LogP contribution is 2.39. The predicted octanol–water partition coefficient (Wildman–Crippen LogP) is 7.26. The average molecular weight is 332 g/mol. The van der Waals surface area contributed by atoms with E-state index in [1.807, 2.05) is 0 Å². The van der Waals surface area contributed by atoms with Gasteiger partial charge in [-0.1, -0.05) is 68.7 Å². The Morgan fingerprint density at radius 1 is 0.720 bits per heavy atom. The first-order valence-electron chi connectivity index (χ1n) is 9.72. The molecule has 1 heteroatoms. The van der Waals surface area contributed by atoms with Crippen molar-refractivity contribution in [2.45, 2.75) is 59.3 Å². The number of unbranched alkanes of at least 4 members (excludes halogenated alkanes) is 2. The minimum absolute atomic E-state index is 1.06. The molecule has 1 aliphatic rings. The quantitative estimate of drug-likeness (QED) is 0.506. The SMILES string of the molecule is CCCCC1=C(CCCC)c2ccccc2C1=Nc1ccc(C)cc1. The van der Waals surface area contributed by atoms with Crippen molar-refractivity contribution in [3.8, 4) is 0 Å². The van der Waals surface area contributed by atoms with E-state index >= 15 is 0 Å². The van der Waals surface area contributed by atoms with Crippen LogP contribution in [0.4, 0.5) is 5.69 Å². The van der Waals surface area contributed by atoms with Gasteiger partial charge in [-0.2, -0.15) is 0 Å². The van der Waals surface area contributed by atoms with Crippen molar-refractivity contribution in [1.82, 2.24) is 0 Å². The van der Waals surface area contributed by atoms with Crippen LogP contribution in [0.5, 0.6) is 0 Å². The Hall–Kier alpha value is -2.15. The summed E-state index contributed by atoms with van der Waals surface area (Å²) in [6, 6.07) is 17.4. The van der Waals surface area contributed by atoms with Gasteiger partial charge in [0.2, 0.25) is 0 Å². The maximum Gasteiger partial charge on any atom is 0.0750 e. The predicted molar refractivity (Wildman–Crippen MR) is 110 cm³/mol. The van der Waals surface area contributed by atoms with Gasteiger partial charge in [0.1, 0.15) is 0 Å². The van der Waals surface area contributed by atoms with Crippen LogP contribution in [0, 0.1) is 6.92 Å². The van der Waals surface area contributed by atoms with Gasteiger partial charge in [-0.15, -0.1) is 0 Å². The van der Waals surface area contributed by atoms with Crippen molar-refractivity contribution >= 4 is 17.0 Å². The monoisotopic (exact) mass is 331 g/mol. The molecule has 2 aromatic carbocycles. The second kappa shape index (κ2) is 8.29. The Bertz CT molecular complexity index is 778. The zero-order valence-electron chi connectivity index (χ0n) is 15.8. The Labute approximate surface area is 152 Å². The van der Waals surface area contributed by atoms with Gasteiger partial charge in [-0.05, 0) is 61.4 Å². The summed E-state index contributed by atoms with van der Waals surface area (Å²) in [6.45, 7) is 6.66. The maximum absolute atomic E-state index is 5.09. The largest absolute Gasteiger partial charge is 0.248 e. The number of rotatable bonds is 7. The second-order valence-electron chi connectivity index (χ2n) is 7.01. The molecule has 0 saturated carbocycles. The minimum Gasteiger partial charge on any atom is -0.248 e. The zero-order valence-corrected chi connectivity index (χ0v) is 15.8. The van der Waals surface area contributed by atoms with Gasteiger partial charge in [0.15, 0.2) is 0 Å². The molecule has 0 aliphatic heterocycles. The second-order valence-corrected chi connectivity index (χ2v) is 7.01. The van der Waals surface area contributed by atoms with Gasteiger partial charge in [-0.3, -0.25) is 0 Å². The van der Waals surface area contributed by atoms with E-state index in [2.05, 4.69) is 69.3 Å². The summed E-state index contributed by atoms with van der Waals surface area (Å²) >= 11 is 0. The summed E-state index contributed by atoms with van der Waals surface area (Å²) < 4.78 is 0. The first-order chi connectivity index (χ1) is 12.2. The molecule has 0 saturated heterocycles. The number of benzene rings is 2. The molecular formula is C24H29N. The van der Waals surface area contributed by atoms with E-state index in [0.717, 1.165) is 12.1 Å². The standard InChI is InChI=1S/C24H29N/c1-4-6-10-20-21-12-8-9-13-23(21)24(22(20)11-7-5-2)25-19-16-14-18(3)15-17-19/h8-9,12-17H,4-7,10-11H2,1-3H3. The van der Waals surface area contributed by atoms with Gasteiger partial charge in [0.25, 0.3) is 0 Å². The van der Waals surface area contributed by atoms with Gasteiger partial charge in [-0.25, -0.2) is 4.99 Å². The topological polar surface area (TPSA) is 12.4 Å². The normalized spacial score (nSPS) is 15.1. The number of fused-ring (bicyclic) bond motifs is 1. The number of aliphatic imine (C=N–C) groups is 1. The van der Waals surface area contributed by atoms with Crippen LogP contribution in [0.2, 0.25) is 0 Å². The highest BCUT2D eigenvalue weighted by atomic mass is 14.8. The third-order valence-electron chi connectivity index (χ3n) is 4.99. The van der Waals surface area contributed by atoms with Crippen molar-refractivity contribution in [1.29, 1.82) is 0 Å². The number of hydrogen-bond donors (Lipinski definition) is 0. The van der Waals surface area contributed by atoms with Gasteiger partial charge in [0, 0.05) is 5.56 Å². The molecule has 0 aromatic heterocycles. The molecule has 3 rings (SSSR count). The lowest BCUT2D eigenvalue weighted by molar-refractivity contribution is 0.792. The molecule has 1 aliphatic carbocycles. The number of nitrogens with zero attached hydrogens (tertiary/aromatic N) is 1. The molecule has 0 atom stereocenters. The van der Waals surface area contributed by atoms with Crippen LogP contribution in [-0.4, -0.2) is 5.71 Å². The van der Waals surface area contributed by atoms with Crippen molar-refractivity contribution in [3.63, 3.8) is 0 Å². The van der Waals surface area contributed by atoms with Crippen LogP contribution in [-0.2, 0) is 0 Å². The fourth-order valence-corrected chi connectivity index (χ4v) is 3.56. The number of hydrogen-bond acceptors (Lipinski definition) is 1. The Morgan fingerprint density at radius 3 is 1.96 bits per heavy atom. The molecule has 25 heavy (non-hydrogen) atoms. The average Bonchev–Trinajstić information content (AvgIpc) is 2.93. The van der Waals surface area contributed by atoms with Gasteiger partial charge < -0.3 is 0 Å². The molecule has 2 aromatic rings. The van der Waals surface area contributed by atoms with E-state index < -0.39 is 0 Å². The molecule has 0 heterocycles. The first-order valence-corrected chi connectivity index (χ1v) is 9.72. The van der Waals surface area contributed by atoms with Crippen molar-refractivity contribution in [2.75, 3.05) is 0 Å². The zero-order chi connectivity index (χ0) is 17.6. The summed E-state index contributed by atoms with van der Waals surface area (Å²) in [6.07, 6.45) is 7.23. The fraction of sp³-hybridized carbons (Fsp3) is 0.375. The summed E-state index contributed by atoms with van der Waals surface area (Å²) in [5, 5.41) is 0. The minimum atomic E-state index is 1.06. The first kappa shape index (κ1) is 17.7.